The van der Waals surface area contributed by atoms with E-state index in [9.17, 15) is 14.7 Å². The molecule has 1 amide bonds. The average molecular weight is 478 g/mol. The molecule has 4 rings (SSSR count). The van der Waals surface area contributed by atoms with E-state index in [1.807, 2.05) is 10.8 Å². The second-order valence-corrected chi connectivity index (χ2v) is 8.26. The van der Waals surface area contributed by atoms with Crippen LogP contribution in [0.1, 0.15) is 23.6 Å². The first kappa shape index (κ1) is 23.3. The number of amides is 1. The van der Waals surface area contributed by atoms with E-state index in [1.54, 1.807) is 67.1 Å². The number of hydrogen-bond donors (Lipinski definition) is 1. The second kappa shape index (κ2) is 10.4. The van der Waals surface area contributed by atoms with Gasteiger partial charge in [0.25, 0.3) is 11.7 Å². The van der Waals surface area contributed by atoms with Crippen molar-refractivity contribution in [2.45, 2.75) is 19.0 Å². The Morgan fingerprint density at radius 2 is 1.85 bits per heavy atom. The first-order chi connectivity index (χ1) is 16.5. The lowest BCUT2D eigenvalue weighted by atomic mass is 9.95. The number of benzene rings is 2. The van der Waals surface area contributed by atoms with Gasteiger partial charge in [0.05, 0.1) is 17.9 Å². The molecule has 174 valence electrons. The number of Topliss-reactive ketones (excluding diaryl/α,β-unsaturated/α-hetero) is 1. The van der Waals surface area contributed by atoms with E-state index in [2.05, 4.69) is 11.6 Å². The summed E-state index contributed by atoms with van der Waals surface area (Å²) in [6.45, 7) is 4.98. The molecule has 1 aliphatic heterocycles. The Bertz CT molecular complexity index is 1200. The molecule has 3 aromatic rings. The number of halogens is 1. The highest BCUT2D eigenvalue weighted by atomic mass is 35.5. The number of nitrogens with zero attached hydrogens (tertiary/aromatic N) is 3. The number of aliphatic hydroxyl groups excluding tert-OH is 1. The summed E-state index contributed by atoms with van der Waals surface area (Å²) in [6.07, 6.45) is 7.49. The second-order valence-electron chi connectivity index (χ2n) is 7.82. The number of rotatable bonds is 9. The predicted molar refractivity (Wildman–Crippen MR) is 129 cm³/mol. The summed E-state index contributed by atoms with van der Waals surface area (Å²) in [6, 6.07) is 12.9. The smallest absolute Gasteiger partial charge is 0.295 e. The van der Waals surface area contributed by atoms with Crippen molar-refractivity contribution in [3.8, 4) is 5.75 Å². The number of ketones is 1. The van der Waals surface area contributed by atoms with Gasteiger partial charge in [-0.25, -0.2) is 4.98 Å². The molecule has 1 saturated heterocycles. The van der Waals surface area contributed by atoms with Gasteiger partial charge in [-0.2, -0.15) is 0 Å². The third kappa shape index (κ3) is 4.89. The molecule has 1 fully saturated rings. The third-order valence-electron chi connectivity index (χ3n) is 5.60. The highest BCUT2D eigenvalue weighted by Gasteiger charge is 2.45. The van der Waals surface area contributed by atoms with Crippen LogP contribution in [0.5, 0.6) is 5.75 Å². The van der Waals surface area contributed by atoms with E-state index >= 15 is 0 Å². The minimum atomic E-state index is -0.730. The maximum Gasteiger partial charge on any atom is 0.295 e. The summed E-state index contributed by atoms with van der Waals surface area (Å²) in [5.74, 6) is -0.951. The van der Waals surface area contributed by atoms with Gasteiger partial charge in [0.1, 0.15) is 18.1 Å². The monoisotopic (exact) mass is 477 g/mol. The van der Waals surface area contributed by atoms with Crippen molar-refractivity contribution in [3.05, 3.63) is 102 Å². The Kier molecular flexibility index (Phi) is 7.13. The maximum absolute atomic E-state index is 13.1. The zero-order valence-corrected chi connectivity index (χ0v) is 19.2. The number of carbonyl (C=O) groups excluding carboxylic acids is 2. The van der Waals surface area contributed by atoms with Crippen LogP contribution in [0, 0.1) is 0 Å². The molecule has 1 aliphatic rings. The normalized spacial score (nSPS) is 17.2. The molecule has 1 N–H and O–H groups in total. The van der Waals surface area contributed by atoms with E-state index in [0.29, 0.717) is 48.0 Å². The van der Waals surface area contributed by atoms with Crippen LogP contribution in [0.2, 0.25) is 5.02 Å². The van der Waals surface area contributed by atoms with Crippen LogP contribution in [0.15, 0.2) is 85.5 Å². The highest BCUT2D eigenvalue weighted by Crippen LogP contribution is 2.40. The predicted octanol–water partition coefficient (Wildman–Crippen LogP) is 4.61. The van der Waals surface area contributed by atoms with Gasteiger partial charge in [-0.05, 0) is 48.4 Å². The number of hydrogen-bond acceptors (Lipinski definition) is 5. The fourth-order valence-electron chi connectivity index (χ4n) is 3.96. The molecule has 0 unspecified atom stereocenters. The van der Waals surface area contributed by atoms with Crippen molar-refractivity contribution in [2.24, 2.45) is 0 Å². The van der Waals surface area contributed by atoms with Gasteiger partial charge in [0, 0.05) is 36.1 Å². The Morgan fingerprint density at radius 3 is 2.50 bits per heavy atom. The van der Waals surface area contributed by atoms with Crippen molar-refractivity contribution in [1.29, 1.82) is 0 Å². The third-order valence-corrected chi connectivity index (χ3v) is 5.85. The van der Waals surface area contributed by atoms with Gasteiger partial charge >= 0.3 is 0 Å². The minimum Gasteiger partial charge on any atom is -0.507 e. The van der Waals surface area contributed by atoms with Crippen molar-refractivity contribution < 1.29 is 19.4 Å². The van der Waals surface area contributed by atoms with Crippen molar-refractivity contribution in [1.82, 2.24) is 14.5 Å². The van der Waals surface area contributed by atoms with Crippen LogP contribution in [0.25, 0.3) is 5.76 Å². The molecule has 0 saturated carbocycles. The molecule has 34 heavy (non-hydrogen) atoms. The molecule has 0 spiro atoms. The molecular formula is C26H24ClN3O4. The largest absolute Gasteiger partial charge is 0.507 e. The van der Waals surface area contributed by atoms with E-state index in [-0.39, 0.29) is 11.3 Å². The molecule has 1 atom stereocenters. The summed E-state index contributed by atoms with van der Waals surface area (Å²) in [5, 5.41) is 11.6. The zero-order chi connectivity index (χ0) is 24.1. The van der Waals surface area contributed by atoms with Crippen LogP contribution in [-0.2, 0) is 16.1 Å². The quantitative estimate of drug-likeness (QED) is 0.210. The number of aromatic nitrogens is 2. The Labute approximate surface area is 202 Å². The van der Waals surface area contributed by atoms with Gasteiger partial charge < -0.3 is 19.3 Å². The van der Waals surface area contributed by atoms with Gasteiger partial charge in [-0.15, -0.1) is 0 Å². The lowest BCUT2D eigenvalue weighted by Crippen LogP contribution is -2.31. The number of imidazole rings is 1. The Morgan fingerprint density at radius 1 is 1.12 bits per heavy atom. The summed E-state index contributed by atoms with van der Waals surface area (Å²) < 4.78 is 7.46. The van der Waals surface area contributed by atoms with Gasteiger partial charge in [0.15, 0.2) is 0 Å². The fourth-order valence-corrected chi connectivity index (χ4v) is 4.09. The Hall–Kier alpha value is -3.84. The Balaban J connectivity index is 1.70. The van der Waals surface area contributed by atoms with Crippen LogP contribution >= 0.6 is 11.6 Å². The summed E-state index contributed by atoms with van der Waals surface area (Å²) in [4.78, 5) is 31.7. The minimum absolute atomic E-state index is 0.0507. The first-order valence-electron chi connectivity index (χ1n) is 10.8. The molecule has 0 bridgehead atoms. The van der Waals surface area contributed by atoms with E-state index < -0.39 is 17.7 Å². The lowest BCUT2D eigenvalue weighted by molar-refractivity contribution is -0.139. The van der Waals surface area contributed by atoms with Crippen LogP contribution in [0.4, 0.5) is 0 Å². The SMILES string of the molecule is C=CCOc1ccc([C@@H]2/C(=C(\O)c3ccc(Cl)cc3)C(=O)C(=O)N2CCCn2ccnc2)cc1. The zero-order valence-electron chi connectivity index (χ0n) is 18.4. The first-order valence-corrected chi connectivity index (χ1v) is 11.2. The standard InChI is InChI=1S/C26H24ClN3O4/c1-2-16-34-21-10-6-18(7-11-21)23-22(24(31)19-4-8-20(27)9-5-19)25(32)26(33)30(23)14-3-13-29-15-12-28-17-29/h2,4-12,15,17,23,31H,1,3,13-14,16H2/b24-22+/t23-/m1/s1. The van der Waals surface area contributed by atoms with Gasteiger partial charge in [-0.1, -0.05) is 36.4 Å². The van der Waals surface area contributed by atoms with Crippen molar-refractivity contribution in [2.75, 3.05) is 13.2 Å². The summed E-state index contributed by atoms with van der Waals surface area (Å²) >= 11 is 5.97. The maximum atomic E-state index is 13.1. The average Bonchev–Trinajstić information content (AvgIpc) is 3.45. The van der Waals surface area contributed by atoms with Gasteiger partial charge in [-0.3, -0.25) is 9.59 Å². The number of aryl methyl sites for hydroxylation is 1. The van der Waals surface area contributed by atoms with Crippen LogP contribution in [0.3, 0.4) is 0 Å². The number of aliphatic hydroxyl groups is 1. The van der Waals surface area contributed by atoms with Crippen LogP contribution in [-0.4, -0.2) is 44.4 Å². The number of ether oxygens (including phenoxy) is 1. The fraction of sp³-hybridized carbons (Fsp3) is 0.192. The molecule has 0 aliphatic carbocycles. The van der Waals surface area contributed by atoms with Crippen molar-refractivity contribution >= 4 is 29.1 Å². The van der Waals surface area contributed by atoms with E-state index in [1.165, 1.54) is 4.90 Å². The van der Waals surface area contributed by atoms with E-state index in [0.717, 1.165) is 0 Å². The molecule has 1 aromatic heterocycles. The van der Waals surface area contributed by atoms with Crippen LogP contribution < -0.4 is 4.74 Å². The number of carbonyl (C=O) groups is 2. The number of likely N-dealkylation sites (tertiary alicyclic amines) is 1. The van der Waals surface area contributed by atoms with Gasteiger partial charge in [0.2, 0.25) is 0 Å². The van der Waals surface area contributed by atoms with Crippen molar-refractivity contribution in [3.63, 3.8) is 0 Å². The van der Waals surface area contributed by atoms with E-state index in [4.69, 9.17) is 16.3 Å². The lowest BCUT2D eigenvalue weighted by Gasteiger charge is -2.25. The molecule has 2 heterocycles. The molecular weight excluding hydrogens is 454 g/mol. The highest BCUT2D eigenvalue weighted by molar-refractivity contribution is 6.46. The summed E-state index contributed by atoms with van der Waals surface area (Å²) in [7, 11) is 0. The summed E-state index contributed by atoms with van der Waals surface area (Å²) in [5.41, 5.74) is 1.16. The molecule has 2 aromatic carbocycles. The molecule has 0 radical (unpaired) electrons. The molecule has 8 heteroatoms. The topological polar surface area (TPSA) is 84.7 Å². The molecule has 7 nitrogen and oxygen atoms in total.